The van der Waals surface area contributed by atoms with Gasteiger partial charge in [-0.3, -0.25) is 4.79 Å². The van der Waals surface area contributed by atoms with Crippen LogP contribution in [0.3, 0.4) is 0 Å². The lowest BCUT2D eigenvalue weighted by Gasteiger charge is -2.01. The number of anilines is 1. The Balaban J connectivity index is 2.04. The molecule has 20 heavy (non-hydrogen) atoms. The Kier molecular flexibility index (Phi) is 4.77. The van der Waals surface area contributed by atoms with Crippen molar-refractivity contribution in [2.75, 3.05) is 5.32 Å². The summed E-state index contributed by atoms with van der Waals surface area (Å²) in [6, 6.07) is 10.6. The minimum atomic E-state index is -0.348. The van der Waals surface area contributed by atoms with Crippen LogP contribution in [0.4, 0.5) is 10.1 Å². The third-order valence-corrected chi connectivity index (χ3v) is 3.25. The maximum atomic E-state index is 12.9. The van der Waals surface area contributed by atoms with Gasteiger partial charge in [0.25, 0.3) is 0 Å². The van der Waals surface area contributed by atoms with Gasteiger partial charge in [-0.1, -0.05) is 29.3 Å². The van der Waals surface area contributed by atoms with Crippen molar-refractivity contribution < 1.29 is 9.18 Å². The van der Waals surface area contributed by atoms with Gasteiger partial charge in [0.05, 0.1) is 10.0 Å². The molecule has 2 aromatic carbocycles. The molecule has 2 nitrogen and oxygen atoms in total. The first kappa shape index (κ1) is 14.6. The molecule has 2 aromatic rings. The number of rotatable bonds is 4. The molecular formula is C15H10Cl2FNO. The van der Waals surface area contributed by atoms with Crippen LogP contribution in [-0.4, -0.2) is 5.78 Å². The summed E-state index contributed by atoms with van der Waals surface area (Å²) < 4.78 is 12.9. The minimum absolute atomic E-state index is 0.229. The largest absolute Gasteiger partial charge is 0.361 e. The van der Waals surface area contributed by atoms with Crippen LogP contribution < -0.4 is 5.32 Å². The van der Waals surface area contributed by atoms with E-state index in [9.17, 15) is 9.18 Å². The van der Waals surface area contributed by atoms with Gasteiger partial charge in [-0.15, -0.1) is 0 Å². The zero-order valence-corrected chi connectivity index (χ0v) is 11.8. The van der Waals surface area contributed by atoms with E-state index in [1.165, 1.54) is 30.5 Å². The third kappa shape index (κ3) is 3.83. The first-order valence-corrected chi connectivity index (χ1v) is 6.50. The maximum absolute atomic E-state index is 12.9. The highest BCUT2D eigenvalue weighted by atomic mass is 35.5. The lowest BCUT2D eigenvalue weighted by molar-refractivity contribution is 0.104. The molecule has 0 aliphatic carbocycles. The molecule has 0 radical (unpaired) electrons. The summed E-state index contributed by atoms with van der Waals surface area (Å²) in [6.45, 7) is 0. The van der Waals surface area contributed by atoms with Gasteiger partial charge in [0.2, 0.25) is 0 Å². The fourth-order valence-corrected chi connectivity index (χ4v) is 1.84. The lowest BCUT2D eigenvalue weighted by atomic mass is 10.1. The SMILES string of the molecule is O=C(C=CNc1cccc(F)c1)c1ccc(Cl)c(Cl)c1. The van der Waals surface area contributed by atoms with E-state index >= 15 is 0 Å². The highest BCUT2D eigenvalue weighted by Crippen LogP contribution is 2.22. The molecule has 102 valence electrons. The Labute approximate surface area is 125 Å². The summed E-state index contributed by atoms with van der Waals surface area (Å²) >= 11 is 11.6. The smallest absolute Gasteiger partial charge is 0.187 e. The predicted octanol–water partition coefficient (Wildman–Crippen LogP) is 4.94. The molecule has 2 rings (SSSR count). The van der Waals surface area contributed by atoms with E-state index in [-0.39, 0.29) is 11.6 Å². The number of benzene rings is 2. The summed E-state index contributed by atoms with van der Waals surface area (Å²) in [5.41, 5.74) is 0.986. The molecule has 0 aromatic heterocycles. The third-order valence-electron chi connectivity index (χ3n) is 2.51. The van der Waals surface area contributed by atoms with Crippen molar-refractivity contribution >= 4 is 34.7 Å². The Morgan fingerprint density at radius 3 is 2.60 bits per heavy atom. The number of carbonyl (C=O) groups excluding carboxylic acids is 1. The lowest BCUT2D eigenvalue weighted by Crippen LogP contribution is -1.96. The minimum Gasteiger partial charge on any atom is -0.361 e. The van der Waals surface area contributed by atoms with E-state index in [4.69, 9.17) is 23.2 Å². The van der Waals surface area contributed by atoms with Gasteiger partial charge in [-0.2, -0.15) is 0 Å². The van der Waals surface area contributed by atoms with Crippen LogP contribution in [0.2, 0.25) is 10.0 Å². The zero-order valence-electron chi connectivity index (χ0n) is 10.2. The van der Waals surface area contributed by atoms with E-state index in [1.54, 1.807) is 24.3 Å². The summed E-state index contributed by atoms with van der Waals surface area (Å²) in [5, 5.41) is 3.53. The van der Waals surface area contributed by atoms with E-state index in [0.717, 1.165) is 0 Å². The second-order valence-corrected chi connectivity index (χ2v) is 4.80. The summed E-state index contributed by atoms with van der Waals surface area (Å²) in [4.78, 5) is 11.9. The van der Waals surface area contributed by atoms with Crippen LogP contribution in [0.15, 0.2) is 54.7 Å². The highest BCUT2D eigenvalue weighted by molar-refractivity contribution is 6.42. The number of hydrogen-bond donors (Lipinski definition) is 1. The van der Waals surface area contributed by atoms with Crippen molar-refractivity contribution in [3.05, 3.63) is 76.2 Å². The van der Waals surface area contributed by atoms with Crippen LogP contribution in [-0.2, 0) is 0 Å². The molecule has 1 N–H and O–H groups in total. The molecule has 0 aliphatic rings. The molecule has 0 saturated carbocycles. The number of hydrogen-bond acceptors (Lipinski definition) is 2. The van der Waals surface area contributed by atoms with Crippen molar-refractivity contribution in [1.29, 1.82) is 0 Å². The fraction of sp³-hybridized carbons (Fsp3) is 0. The van der Waals surface area contributed by atoms with Crippen molar-refractivity contribution in [1.82, 2.24) is 0 Å². The topological polar surface area (TPSA) is 29.1 Å². The number of carbonyl (C=O) groups is 1. The summed E-state index contributed by atoms with van der Waals surface area (Å²) in [6.07, 6.45) is 2.78. The predicted molar refractivity (Wildman–Crippen MR) is 80.0 cm³/mol. The number of nitrogens with one attached hydrogen (secondary N) is 1. The van der Waals surface area contributed by atoms with Crippen molar-refractivity contribution in [3.63, 3.8) is 0 Å². The van der Waals surface area contributed by atoms with Gasteiger partial charge in [0.15, 0.2) is 5.78 Å². The van der Waals surface area contributed by atoms with E-state index in [0.29, 0.717) is 21.3 Å². The normalized spacial score (nSPS) is 10.8. The monoisotopic (exact) mass is 309 g/mol. The van der Waals surface area contributed by atoms with Gasteiger partial charge in [0, 0.05) is 23.5 Å². The van der Waals surface area contributed by atoms with Gasteiger partial charge in [-0.25, -0.2) is 4.39 Å². The fourth-order valence-electron chi connectivity index (χ4n) is 1.54. The standard InChI is InChI=1S/C15H10Cl2FNO/c16-13-5-4-10(8-14(13)17)15(20)6-7-19-12-3-1-2-11(18)9-12/h1-9,19H. The van der Waals surface area contributed by atoms with E-state index in [1.807, 2.05) is 0 Å². The molecule has 0 unspecified atom stereocenters. The van der Waals surface area contributed by atoms with E-state index in [2.05, 4.69) is 5.32 Å². The second kappa shape index (κ2) is 6.55. The average molecular weight is 310 g/mol. The van der Waals surface area contributed by atoms with E-state index < -0.39 is 0 Å². The summed E-state index contributed by atoms with van der Waals surface area (Å²) in [7, 11) is 0. The molecule has 0 bridgehead atoms. The van der Waals surface area contributed by atoms with Gasteiger partial charge >= 0.3 is 0 Å². The van der Waals surface area contributed by atoms with Gasteiger partial charge < -0.3 is 5.32 Å². The van der Waals surface area contributed by atoms with Crippen molar-refractivity contribution in [3.8, 4) is 0 Å². The Bertz CT molecular complexity index is 671. The summed E-state index contributed by atoms with van der Waals surface area (Å²) in [5.74, 6) is -0.577. The molecular weight excluding hydrogens is 300 g/mol. The quantitative estimate of drug-likeness (QED) is 0.640. The van der Waals surface area contributed by atoms with Crippen LogP contribution in [0, 0.1) is 5.82 Å². The first-order chi connectivity index (χ1) is 9.56. The van der Waals surface area contributed by atoms with Crippen molar-refractivity contribution in [2.24, 2.45) is 0 Å². The van der Waals surface area contributed by atoms with Gasteiger partial charge in [0.1, 0.15) is 5.82 Å². The Morgan fingerprint density at radius 2 is 1.90 bits per heavy atom. The van der Waals surface area contributed by atoms with Crippen LogP contribution >= 0.6 is 23.2 Å². The van der Waals surface area contributed by atoms with Gasteiger partial charge in [-0.05, 0) is 36.4 Å². The Morgan fingerprint density at radius 1 is 1.10 bits per heavy atom. The number of halogens is 3. The first-order valence-electron chi connectivity index (χ1n) is 5.74. The van der Waals surface area contributed by atoms with Crippen LogP contribution in [0.1, 0.15) is 10.4 Å². The highest BCUT2D eigenvalue weighted by Gasteiger charge is 2.04. The molecule has 0 heterocycles. The van der Waals surface area contributed by atoms with Crippen molar-refractivity contribution in [2.45, 2.75) is 0 Å². The maximum Gasteiger partial charge on any atom is 0.187 e. The second-order valence-electron chi connectivity index (χ2n) is 3.98. The average Bonchev–Trinajstić information content (AvgIpc) is 2.42. The molecule has 0 fully saturated rings. The Hall–Kier alpha value is -1.84. The number of allylic oxidation sites excluding steroid dienone is 1. The molecule has 0 atom stereocenters. The molecule has 0 saturated heterocycles. The molecule has 5 heteroatoms. The zero-order chi connectivity index (χ0) is 14.5. The molecule has 0 spiro atoms. The molecule has 0 amide bonds. The molecule has 0 aliphatic heterocycles. The number of ketones is 1. The van der Waals surface area contributed by atoms with Crippen LogP contribution in [0.25, 0.3) is 0 Å². The van der Waals surface area contributed by atoms with Crippen LogP contribution in [0.5, 0.6) is 0 Å².